The number of carbonyl (C=O) groups excluding carboxylic acids is 5. The number of benzene rings is 2. The van der Waals surface area contributed by atoms with Gasteiger partial charge in [0.05, 0.1) is 27.6 Å². The number of rotatable bonds is 9. The largest absolute Gasteiger partial charge is 0.490 e. The van der Waals surface area contributed by atoms with Gasteiger partial charge in [0.15, 0.2) is 11.6 Å². The Morgan fingerprint density at radius 3 is 2.30 bits per heavy atom. The fraction of sp³-hybridized carbons (Fsp3) is 0.463. The summed E-state index contributed by atoms with van der Waals surface area (Å²) in [6.07, 6.45) is 2.11. The number of fused-ring (bicyclic) bond motifs is 1. The van der Waals surface area contributed by atoms with Crippen LogP contribution >= 0.6 is 11.6 Å². The van der Waals surface area contributed by atoms with Crippen molar-refractivity contribution in [2.75, 3.05) is 60.9 Å². The number of piperidine rings is 2. The first-order valence-electron chi connectivity index (χ1n) is 19.6. The second-order valence-corrected chi connectivity index (χ2v) is 16.1. The number of carbonyl (C=O) groups is 5. The highest BCUT2D eigenvalue weighted by atomic mass is 35.5. The lowest BCUT2D eigenvalue weighted by atomic mass is 9.63. The first-order valence-corrected chi connectivity index (χ1v) is 20.0. The van der Waals surface area contributed by atoms with E-state index in [0.29, 0.717) is 33.6 Å². The maximum absolute atomic E-state index is 13.3. The average Bonchev–Trinajstić information content (AvgIpc) is 3.46. The van der Waals surface area contributed by atoms with Crippen LogP contribution < -0.4 is 25.2 Å². The van der Waals surface area contributed by atoms with Crippen LogP contribution in [0.15, 0.2) is 48.5 Å². The van der Waals surface area contributed by atoms with Crippen molar-refractivity contribution >= 4 is 58.5 Å². The Morgan fingerprint density at radius 2 is 1.63 bits per heavy atom. The predicted octanol–water partition coefficient (Wildman–Crippen LogP) is 3.73. The zero-order valence-corrected chi connectivity index (χ0v) is 32.6. The minimum Gasteiger partial charge on any atom is -0.490 e. The lowest BCUT2D eigenvalue weighted by Gasteiger charge is -2.47. The Labute approximate surface area is 335 Å². The number of imide groups is 2. The molecule has 0 radical (unpaired) electrons. The minimum absolute atomic E-state index is 0.0295. The maximum Gasteiger partial charge on any atom is 0.262 e. The van der Waals surface area contributed by atoms with Crippen LogP contribution in [0.1, 0.15) is 65.8 Å². The first kappa shape index (κ1) is 38.3. The third-order valence-corrected chi connectivity index (χ3v) is 12.6. The highest BCUT2D eigenvalue weighted by Gasteiger charge is 2.51. The normalized spacial score (nSPS) is 25.4. The molecule has 0 bridgehead atoms. The Morgan fingerprint density at radius 1 is 0.895 bits per heavy atom. The molecule has 2 N–H and O–H groups in total. The second-order valence-electron chi connectivity index (χ2n) is 15.7. The summed E-state index contributed by atoms with van der Waals surface area (Å²) in [5, 5.41) is 23.4. The first-order chi connectivity index (χ1) is 27.5. The Hall–Kier alpha value is -5.59. The number of nitrogens with zero attached hydrogens (tertiary/aromatic N) is 7. The number of piperazine rings is 1. The third kappa shape index (κ3) is 7.51. The van der Waals surface area contributed by atoms with Crippen molar-refractivity contribution in [2.24, 2.45) is 23.7 Å². The molecule has 4 aliphatic heterocycles. The number of amides is 5. The van der Waals surface area contributed by atoms with Gasteiger partial charge in [0.1, 0.15) is 24.0 Å². The van der Waals surface area contributed by atoms with Crippen molar-refractivity contribution in [1.82, 2.24) is 25.3 Å². The molecule has 2 aromatic carbocycles. The van der Waals surface area contributed by atoms with Gasteiger partial charge in [0.2, 0.25) is 17.7 Å². The van der Waals surface area contributed by atoms with Crippen LogP contribution in [0.4, 0.5) is 17.3 Å². The molecule has 5 amide bonds. The number of anilines is 3. The number of aromatic nitrogens is 2. The molecule has 3 aromatic rings. The van der Waals surface area contributed by atoms with Gasteiger partial charge in [-0.15, -0.1) is 10.2 Å². The van der Waals surface area contributed by atoms with Crippen LogP contribution in [0, 0.1) is 35.0 Å². The van der Waals surface area contributed by atoms with E-state index in [1.54, 1.807) is 36.4 Å². The summed E-state index contributed by atoms with van der Waals surface area (Å²) < 4.78 is 6.13. The summed E-state index contributed by atoms with van der Waals surface area (Å²) in [5.74, 6) is -0.100. The van der Waals surface area contributed by atoms with Gasteiger partial charge >= 0.3 is 0 Å². The van der Waals surface area contributed by atoms with E-state index in [-0.39, 0.29) is 48.2 Å². The third-order valence-electron chi connectivity index (χ3n) is 12.3. The van der Waals surface area contributed by atoms with Gasteiger partial charge in [0, 0.05) is 75.8 Å². The summed E-state index contributed by atoms with van der Waals surface area (Å²) in [5.41, 5.74) is 1.84. The quantitative estimate of drug-likeness (QED) is 0.300. The van der Waals surface area contributed by atoms with Crippen LogP contribution in [-0.2, 0) is 14.4 Å². The summed E-state index contributed by atoms with van der Waals surface area (Å²) in [6, 6.07) is 15.1. The summed E-state index contributed by atoms with van der Waals surface area (Å²) in [7, 11) is 0. The molecule has 57 heavy (non-hydrogen) atoms. The molecule has 15 nitrogen and oxygen atoms in total. The number of ether oxygens (including phenoxy) is 1. The number of nitriles is 1. The van der Waals surface area contributed by atoms with Crippen molar-refractivity contribution in [3.05, 3.63) is 70.2 Å². The van der Waals surface area contributed by atoms with Crippen molar-refractivity contribution in [2.45, 2.75) is 51.7 Å². The molecular weight excluding hydrogens is 750 g/mol. The standard InChI is InChI=1S/C41H44ClN9O6/c1-23-36(24(2)37(23)57-28-5-3-26(21-43)31(42)20-28)39(54)44-33-8-9-34(47-46-33)50-13-11-25(12-14-50)22-48-15-17-49(18-16-48)27-4-6-29-30(19-27)41(56)51(40(29)55)32-7-10-35(52)45-38(32)53/h3-6,8-9,19-20,23-25,32,36-37H,7,10-18,22H2,1-2H3,(H,44,46,54)(H,45,52,53)/t23?,24?,32?,36-,37-. The van der Waals surface area contributed by atoms with E-state index in [1.165, 1.54) is 0 Å². The minimum atomic E-state index is -0.979. The molecule has 3 saturated heterocycles. The van der Waals surface area contributed by atoms with Crippen LogP contribution in [0.2, 0.25) is 5.02 Å². The maximum atomic E-state index is 13.3. The second kappa shape index (κ2) is 15.7. The van der Waals surface area contributed by atoms with Crippen LogP contribution in [0.5, 0.6) is 5.75 Å². The van der Waals surface area contributed by atoms with E-state index in [2.05, 4.69) is 35.5 Å². The highest BCUT2D eigenvalue weighted by Crippen LogP contribution is 2.44. The zero-order valence-electron chi connectivity index (χ0n) is 31.8. The molecule has 296 valence electrons. The molecule has 3 unspecified atom stereocenters. The number of hydrogen-bond donors (Lipinski definition) is 2. The van der Waals surface area contributed by atoms with Gasteiger partial charge in [0.25, 0.3) is 11.8 Å². The van der Waals surface area contributed by atoms with Crippen LogP contribution in [0.25, 0.3) is 0 Å². The van der Waals surface area contributed by atoms with E-state index < -0.39 is 29.7 Å². The smallest absolute Gasteiger partial charge is 0.262 e. The van der Waals surface area contributed by atoms with Crippen molar-refractivity contribution in [1.29, 1.82) is 5.26 Å². The number of hydrogen-bond acceptors (Lipinski definition) is 12. The lowest BCUT2D eigenvalue weighted by Crippen LogP contribution is -2.56. The van der Waals surface area contributed by atoms with Crippen molar-refractivity contribution in [3.8, 4) is 11.8 Å². The monoisotopic (exact) mass is 793 g/mol. The molecule has 5 heterocycles. The van der Waals surface area contributed by atoms with Gasteiger partial charge < -0.3 is 19.9 Å². The topological polar surface area (TPSA) is 181 Å². The van der Waals surface area contributed by atoms with E-state index >= 15 is 0 Å². The Bertz CT molecular complexity index is 2130. The van der Waals surface area contributed by atoms with Crippen LogP contribution in [0.3, 0.4) is 0 Å². The summed E-state index contributed by atoms with van der Waals surface area (Å²) in [6.45, 7) is 10.0. The molecule has 4 fully saturated rings. The number of halogens is 1. The zero-order chi connectivity index (χ0) is 40.0. The Balaban J connectivity index is 0.771. The molecule has 1 aliphatic carbocycles. The van der Waals surface area contributed by atoms with Gasteiger partial charge in [-0.3, -0.25) is 39.1 Å². The van der Waals surface area contributed by atoms with Gasteiger partial charge in [-0.05, 0) is 67.6 Å². The lowest BCUT2D eigenvalue weighted by molar-refractivity contribution is -0.139. The van der Waals surface area contributed by atoms with E-state index in [0.717, 1.165) is 75.1 Å². The van der Waals surface area contributed by atoms with Crippen molar-refractivity contribution < 1.29 is 28.7 Å². The molecular formula is C41H44ClN9O6. The fourth-order valence-electron chi connectivity index (χ4n) is 9.05. The average molecular weight is 794 g/mol. The molecule has 3 atom stereocenters. The molecule has 1 aromatic heterocycles. The predicted molar refractivity (Wildman–Crippen MR) is 210 cm³/mol. The number of nitrogens with one attached hydrogen (secondary N) is 2. The SMILES string of the molecule is CC1[C@H](Oc2ccc(C#N)c(Cl)c2)C(C)[C@H]1C(=O)Nc1ccc(N2CCC(CN3CCN(c4ccc5c(c4)C(=O)N(C4CCC(=O)NC4=O)C5=O)CC3)CC2)nn1. The van der Waals surface area contributed by atoms with E-state index in [4.69, 9.17) is 21.6 Å². The molecule has 8 rings (SSSR count). The van der Waals surface area contributed by atoms with Crippen molar-refractivity contribution in [3.63, 3.8) is 0 Å². The van der Waals surface area contributed by atoms with Gasteiger partial charge in [-0.25, -0.2) is 0 Å². The van der Waals surface area contributed by atoms with E-state index in [1.807, 2.05) is 32.0 Å². The van der Waals surface area contributed by atoms with Gasteiger partial charge in [-0.2, -0.15) is 5.26 Å². The molecule has 0 spiro atoms. The summed E-state index contributed by atoms with van der Waals surface area (Å²) in [4.78, 5) is 71.6. The Kier molecular flexibility index (Phi) is 10.6. The highest BCUT2D eigenvalue weighted by molar-refractivity contribution is 6.31. The van der Waals surface area contributed by atoms with Gasteiger partial charge in [-0.1, -0.05) is 25.4 Å². The van der Waals surface area contributed by atoms with E-state index in [9.17, 15) is 24.0 Å². The summed E-state index contributed by atoms with van der Waals surface area (Å²) >= 11 is 6.17. The fourth-order valence-corrected chi connectivity index (χ4v) is 9.27. The van der Waals surface area contributed by atoms with Crippen LogP contribution in [-0.4, -0.2) is 107 Å². The molecule has 16 heteroatoms. The molecule has 5 aliphatic rings. The molecule has 1 saturated carbocycles.